The van der Waals surface area contributed by atoms with Gasteiger partial charge >= 0.3 is 0 Å². The number of carbonyl (C=O) groups is 1. The molecule has 174 valence electrons. The van der Waals surface area contributed by atoms with Crippen molar-refractivity contribution >= 4 is 21.6 Å². The summed E-state index contributed by atoms with van der Waals surface area (Å²) in [5.74, 6) is 0.224. The highest BCUT2D eigenvalue weighted by Gasteiger charge is 2.23. The molecular weight excluding hydrogens is 432 g/mol. The summed E-state index contributed by atoms with van der Waals surface area (Å²) in [5.41, 5.74) is 0.675. The Kier molecular flexibility index (Phi) is 8.11. The highest BCUT2D eigenvalue weighted by atomic mass is 32.2. The Morgan fingerprint density at radius 2 is 1.94 bits per heavy atom. The van der Waals surface area contributed by atoms with Crippen molar-refractivity contribution in [3.8, 4) is 11.5 Å². The van der Waals surface area contributed by atoms with Crippen LogP contribution in [0.1, 0.15) is 43.5 Å². The van der Waals surface area contributed by atoms with Crippen LogP contribution in [-0.2, 0) is 14.8 Å². The molecule has 1 aliphatic rings. The van der Waals surface area contributed by atoms with Gasteiger partial charge in [-0.2, -0.15) is 0 Å². The van der Waals surface area contributed by atoms with Crippen LogP contribution in [0.25, 0.3) is 0 Å². The molecule has 2 N–H and O–H groups in total. The number of carbonyl (C=O) groups excluding carboxylic acids is 1. The molecule has 1 unspecified atom stereocenters. The molecule has 0 saturated carbocycles. The van der Waals surface area contributed by atoms with Crippen LogP contribution < -0.4 is 19.5 Å². The standard InChI is InChI=1S/C23H30N2O6S/c1-16(2)25-32(27,28)22-14-17(11-12-21(22)29-3)23(26)24-19-9-4-5-10-20(19)31-15-18-8-6-7-13-30-18/h4-5,9-12,14,16,18,25H,6-8,13,15H2,1-3H3,(H,24,26). The minimum atomic E-state index is -3.85. The molecule has 0 radical (unpaired) electrons. The van der Waals surface area contributed by atoms with E-state index in [2.05, 4.69) is 10.0 Å². The quantitative estimate of drug-likeness (QED) is 0.590. The van der Waals surface area contributed by atoms with Crippen LogP contribution in [0.3, 0.4) is 0 Å². The molecule has 1 amide bonds. The van der Waals surface area contributed by atoms with Crippen LogP contribution in [0.5, 0.6) is 11.5 Å². The molecule has 9 heteroatoms. The van der Waals surface area contributed by atoms with Gasteiger partial charge in [0, 0.05) is 18.2 Å². The lowest BCUT2D eigenvalue weighted by Crippen LogP contribution is -2.30. The molecular formula is C23H30N2O6S. The Balaban J connectivity index is 1.78. The number of hydrogen-bond acceptors (Lipinski definition) is 6. The number of sulfonamides is 1. The summed E-state index contributed by atoms with van der Waals surface area (Å²) in [6.45, 7) is 4.57. The number of ether oxygens (including phenoxy) is 3. The Labute approximate surface area is 189 Å². The fraction of sp³-hybridized carbons (Fsp3) is 0.435. The molecule has 1 fully saturated rings. The predicted molar refractivity (Wildman–Crippen MR) is 122 cm³/mol. The van der Waals surface area contributed by atoms with Crippen molar-refractivity contribution < 1.29 is 27.4 Å². The second-order valence-corrected chi connectivity index (χ2v) is 9.57. The largest absolute Gasteiger partial charge is 0.495 e. The molecule has 3 rings (SSSR count). The van der Waals surface area contributed by atoms with Gasteiger partial charge in [0.25, 0.3) is 5.91 Å². The van der Waals surface area contributed by atoms with Crippen molar-refractivity contribution in [1.29, 1.82) is 0 Å². The number of methoxy groups -OCH3 is 1. The van der Waals surface area contributed by atoms with Crippen LogP contribution in [0.4, 0.5) is 5.69 Å². The van der Waals surface area contributed by atoms with Gasteiger partial charge in [0.2, 0.25) is 10.0 Å². The zero-order valence-electron chi connectivity index (χ0n) is 18.6. The smallest absolute Gasteiger partial charge is 0.255 e. The second-order valence-electron chi connectivity index (χ2n) is 7.89. The Morgan fingerprint density at radius 3 is 2.62 bits per heavy atom. The van der Waals surface area contributed by atoms with Crippen molar-refractivity contribution in [1.82, 2.24) is 4.72 Å². The summed E-state index contributed by atoms with van der Waals surface area (Å²) < 4.78 is 44.7. The summed E-state index contributed by atoms with van der Waals surface area (Å²) >= 11 is 0. The summed E-state index contributed by atoms with van der Waals surface area (Å²) in [7, 11) is -2.47. The maximum atomic E-state index is 12.9. The summed E-state index contributed by atoms with van der Waals surface area (Å²) in [4.78, 5) is 12.8. The SMILES string of the molecule is COc1ccc(C(=O)Nc2ccccc2OCC2CCCCO2)cc1S(=O)(=O)NC(C)C. The molecule has 2 aromatic rings. The third kappa shape index (κ3) is 6.21. The maximum Gasteiger partial charge on any atom is 0.255 e. The first-order valence-corrected chi connectivity index (χ1v) is 12.1. The summed E-state index contributed by atoms with van der Waals surface area (Å²) in [6, 6.07) is 11.1. The highest BCUT2D eigenvalue weighted by Crippen LogP contribution is 2.28. The highest BCUT2D eigenvalue weighted by molar-refractivity contribution is 7.89. The van der Waals surface area contributed by atoms with Crippen LogP contribution >= 0.6 is 0 Å². The van der Waals surface area contributed by atoms with Crippen LogP contribution in [0.2, 0.25) is 0 Å². The van der Waals surface area contributed by atoms with Crippen molar-refractivity contribution in [3.63, 3.8) is 0 Å². The molecule has 0 spiro atoms. The van der Waals surface area contributed by atoms with E-state index in [9.17, 15) is 13.2 Å². The Hall–Kier alpha value is -2.62. The molecule has 1 saturated heterocycles. The zero-order chi connectivity index (χ0) is 23.1. The van der Waals surface area contributed by atoms with Crippen molar-refractivity contribution in [2.75, 3.05) is 25.6 Å². The maximum absolute atomic E-state index is 12.9. The van der Waals surface area contributed by atoms with Gasteiger partial charge in [-0.3, -0.25) is 4.79 Å². The van der Waals surface area contributed by atoms with E-state index in [-0.39, 0.29) is 28.4 Å². The Bertz CT molecular complexity index is 1030. The van der Waals surface area contributed by atoms with Crippen molar-refractivity contribution in [2.45, 2.75) is 50.2 Å². The van der Waals surface area contributed by atoms with E-state index < -0.39 is 15.9 Å². The van der Waals surface area contributed by atoms with Gasteiger partial charge in [0.05, 0.1) is 18.9 Å². The fourth-order valence-electron chi connectivity index (χ4n) is 3.41. The normalized spacial score (nSPS) is 16.6. The van der Waals surface area contributed by atoms with Crippen LogP contribution in [0, 0.1) is 0 Å². The van der Waals surface area contributed by atoms with Crippen molar-refractivity contribution in [2.24, 2.45) is 0 Å². The summed E-state index contributed by atoms with van der Waals surface area (Å²) in [6.07, 6.45) is 3.16. The minimum Gasteiger partial charge on any atom is -0.495 e. The van der Waals surface area contributed by atoms with E-state index in [4.69, 9.17) is 14.2 Å². The number of benzene rings is 2. The van der Waals surface area contributed by atoms with E-state index in [0.717, 1.165) is 25.9 Å². The second kappa shape index (κ2) is 10.8. The van der Waals surface area contributed by atoms with Gasteiger partial charge < -0.3 is 19.5 Å². The molecule has 1 aliphatic heterocycles. The molecule has 2 aromatic carbocycles. The van der Waals surface area contributed by atoms with E-state index in [1.165, 1.54) is 25.3 Å². The lowest BCUT2D eigenvalue weighted by molar-refractivity contribution is -0.0109. The van der Waals surface area contributed by atoms with Gasteiger partial charge in [0.1, 0.15) is 23.0 Å². The monoisotopic (exact) mass is 462 g/mol. The topological polar surface area (TPSA) is 103 Å². The molecule has 1 heterocycles. The van der Waals surface area contributed by atoms with Gasteiger partial charge in [-0.05, 0) is 63.4 Å². The molecule has 0 bridgehead atoms. The number of amides is 1. The van der Waals surface area contributed by atoms with Gasteiger partial charge in [-0.15, -0.1) is 0 Å². The molecule has 0 aliphatic carbocycles. The molecule has 0 aromatic heterocycles. The first kappa shape index (κ1) is 24.0. The van der Waals surface area contributed by atoms with E-state index in [0.29, 0.717) is 18.0 Å². The number of rotatable bonds is 9. The minimum absolute atomic E-state index is 0.0373. The predicted octanol–water partition coefficient (Wildman–Crippen LogP) is 3.58. The fourth-order valence-corrected chi connectivity index (χ4v) is 4.86. The van der Waals surface area contributed by atoms with Gasteiger partial charge in [-0.25, -0.2) is 13.1 Å². The average Bonchev–Trinajstić information content (AvgIpc) is 2.78. The number of nitrogens with one attached hydrogen (secondary N) is 2. The van der Waals surface area contributed by atoms with E-state index >= 15 is 0 Å². The molecule has 8 nitrogen and oxygen atoms in total. The number of hydrogen-bond donors (Lipinski definition) is 2. The van der Waals surface area contributed by atoms with Crippen LogP contribution in [0.15, 0.2) is 47.4 Å². The third-order valence-corrected chi connectivity index (χ3v) is 6.62. The van der Waals surface area contributed by atoms with Crippen molar-refractivity contribution in [3.05, 3.63) is 48.0 Å². The van der Waals surface area contributed by atoms with Gasteiger partial charge in [0.15, 0.2) is 0 Å². The zero-order valence-corrected chi connectivity index (χ0v) is 19.4. The number of anilines is 1. The Morgan fingerprint density at radius 1 is 1.16 bits per heavy atom. The molecule has 1 atom stereocenters. The molecule has 32 heavy (non-hydrogen) atoms. The number of para-hydroxylation sites is 2. The first-order valence-electron chi connectivity index (χ1n) is 10.7. The van der Waals surface area contributed by atoms with E-state index in [1.807, 2.05) is 6.07 Å². The first-order chi connectivity index (χ1) is 15.3. The lowest BCUT2D eigenvalue weighted by Gasteiger charge is -2.23. The third-order valence-electron chi connectivity index (χ3n) is 4.94. The lowest BCUT2D eigenvalue weighted by atomic mass is 10.1. The van der Waals surface area contributed by atoms with E-state index in [1.54, 1.807) is 32.0 Å². The summed E-state index contributed by atoms with van der Waals surface area (Å²) in [5, 5.41) is 2.81. The van der Waals surface area contributed by atoms with Crippen LogP contribution in [-0.4, -0.2) is 46.8 Å². The van der Waals surface area contributed by atoms with Gasteiger partial charge in [-0.1, -0.05) is 12.1 Å². The average molecular weight is 463 g/mol.